The molecule has 0 saturated carbocycles. The number of nitrogens with one attached hydrogen (secondary N) is 1. The van der Waals surface area contributed by atoms with E-state index in [4.69, 9.17) is 4.74 Å². The highest BCUT2D eigenvalue weighted by Crippen LogP contribution is 2.26. The number of methoxy groups -OCH3 is 1. The Morgan fingerprint density at radius 3 is 2.94 bits per heavy atom. The van der Waals surface area contributed by atoms with Crippen molar-refractivity contribution in [3.8, 4) is 0 Å². The van der Waals surface area contributed by atoms with Crippen molar-refractivity contribution < 1.29 is 9.66 Å². The summed E-state index contributed by atoms with van der Waals surface area (Å²) in [5.41, 5.74) is 0.672. The zero-order chi connectivity index (χ0) is 12.0. The van der Waals surface area contributed by atoms with Gasteiger partial charge in [0.2, 0.25) is 0 Å². The van der Waals surface area contributed by atoms with Gasteiger partial charge in [-0.25, -0.2) is 0 Å². The predicted octanol–water partition coefficient (Wildman–Crippen LogP) is 2.65. The van der Waals surface area contributed by atoms with Crippen LogP contribution in [0.1, 0.15) is 6.42 Å². The summed E-state index contributed by atoms with van der Waals surface area (Å²) in [6.07, 6.45) is 0.819. The SMILES string of the molecule is COCCCNc1ccc(I)cc1[N+](=O)[O-]. The molecule has 0 radical (unpaired) electrons. The smallest absolute Gasteiger partial charge is 0.293 e. The van der Waals surface area contributed by atoms with Gasteiger partial charge in [0.25, 0.3) is 5.69 Å². The Balaban J connectivity index is 2.67. The van der Waals surface area contributed by atoms with Gasteiger partial charge in [0.1, 0.15) is 5.69 Å². The zero-order valence-corrected chi connectivity index (χ0v) is 11.1. The fourth-order valence-corrected chi connectivity index (χ4v) is 1.72. The molecular weight excluding hydrogens is 323 g/mol. The van der Waals surface area contributed by atoms with Crippen LogP contribution in [0.4, 0.5) is 11.4 Å². The van der Waals surface area contributed by atoms with E-state index < -0.39 is 0 Å². The molecule has 0 aliphatic carbocycles. The minimum Gasteiger partial charge on any atom is -0.385 e. The van der Waals surface area contributed by atoms with E-state index in [2.05, 4.69) is 27.9 Å². The van der Waals surface area contributed by atoms with Crippen molar-refractivity contribution >= 4 is 34.0 Å². The Kier molecular flexibility index (Phi) is 5.47. The van der Waals surface area contributed by atoms with Crippen molar-refractivity contribution in [3.63, 3.8) is 0 Å². The first-order valence-electron chi connectivity index (χ1n) is 4.82. The fraction of sp³-hybridized carbons (Fsp3) is 0.400. The number of ether oxygens (including phenoxy) is 1. The first-order valence-corrected chi connectivity index (χ1v) is 5.89. The predicted molar refractivity (Wildman–Crippen MR) is 70.8 cm³/mol. The lowest BCUT2D eigenvalue weighted by Gasteiger charge is -2.06. The molecule has 0 amide bonds. The van der Waals surface area contributed by atoms with Gasteiger partial charge in [0, 0.05) is 29.9 Å². The number of hydrogen-bond acceptors (Lipinski definition) is 4. The summed E-state index contributed by atoms with van der Waals surface area (Å²) >= 11 is 2.05. The molecule has 0 bridgehead atoms. The molecule has 0 atom stereocenters. The van der Waals surface area contributed by atoms with Gasteiger partial charge in [-0.1, -0.05) is 0 Å². The average Bonchev–Trinajstić information content (AvgIpc) is 2.26. The molecule has 5 nitrogen and oxygen atoms in total. The second-order valence-electron chi connectivity index (χ2n) is 3.19. The van der Waals surface area contributed by atoms with E-state index in [1.807, 2.05) is 6.07 Å². The van der Waals surface area contributed by atoms with Crippen LogP contribution < -0.4 is 5.32 Å². The van der Waals surface area contributed by atoms with Gasteiger partial charge in [-0.2, -0.15) is 0 Å². The molecule has 88 valence electrons. The lowest BCUT2D eigenvalue weighted by molar-refractivity contribution is -0.384. The third kappa shape index (κ3) is 3.93. The van der Waals surface area contributed by atoms with Gasteiger partial charge >= 0.3 is 0 Å². The molecular formula is C10H13IN2O3. The highest BCUT2D eigenvalue weighted by Gasteiger charge is 2.13. The maximum Gasteiger partial charge on any atom is 0.293 e. The fourth-order valence-electron chi connectivity index (χ4n) is 1.24. The first kappa shape index (κ1) is 13.2. The van der Waals surface area contributed by atoms with Crippen LogP contribution in [-0.4, -0.2) is 25.2 Å². The van der Waals surface area contributed by atoms with Gasteiger partial charge in [-0.15, -0.1) is 0 Å². The summed E-state index contributed by atoms with van der Waals surface area (Å²) in [6.45, 7) is 1.31. The van der Waals surface area contributed by atoms with E-state index in [0.717, 1.165) is 9.99 Å². The van der Waals surface area contributed by atoms with Gasteiger partial charge < -0.3 is 10.1 Å². The second-order valence-corrected chi connectivity index (χ2v) is 4.44. The van der Waals surface area contributed by atoms with Crippen LogP contribution in [0.5, 0.6) is 0 Å². The molecule has 0 spiro atoms. The molecule has 6 heteroatoms. The maximum atomic E-state index is 10.8. The number of nitro groups is 1. The van der Waals surface area contributed by atoms with Gasteiger partial charge in [0.15, 0.2) is 0 Å². The summed E-state index contributed by atoms with van der Waals surface area (Å²) in [7, 11) is 1.63. The largest absolute Gasteiger partial charge is 0.385 e. The van der Waals surface area contributed by atoms with Crippen molar-refractivity contribution in [3.05, 3.63) is 31.9 Å². The zero-order valence-electron chi connectivity index (χ0n) is 8.90. The van der Waals surface area contributed by atoms with E-state index in [0.29, 0.717) is 18.8 Å². The molecule has 0 aromatic heterocycles. The van der Waals surface area contributed by atoms with Gasteiger partial charge in [-0.3, -0.25) is 10.1 Å². The van der Waals surface area contributed by atoms with Crippen molar-refractivity contribution in [2.75, 3.05) is 25.6 Å². The highest BCUT2D eigenvalue weighted by atomic mass is 127. The second kappa shape index (κ2) is 6.64. The van der Waals surface area contributed by atoms with E-state index in [9.17, 15) is 10.1 Å². The third-order valence-electron chi connectivity index (χ3n) is 2.00. The maximum absolute atomic E-state index is 10.8. The molecule has 0 aliphatic heterocycles. The minimum absolute atomic E-state index is 0.115. The molecule has 16 heavy (non-hydrogen) atoms. The molecule has 0 aliphatic rings. The lowest BCUT2D eigenvalue weighted by Crippen LogP contribution is -2.06. The number of anilines is 1. The summed E-state index contributed by atoms with van der Waals surface area (Å²) in [5.74, 6) is 0. The van der Waals surface area contributed by atoms with Crippen LogP contribution in [0.2, 0.25) is 0 Å². The number of nitro benzene ring substituents is 1. The third-order valence-corrected chi connectivity index (χ3v) is 2.67. The van der Waals surface area contributed by atoms with Crippen LogP contribution >= 0.6 is 22.6 Å². The number of nitrogens with zero attached hydrogens (tertiary/aromatic N) is 1. The molecule has 1 rings (SSSR count). The van der Waals surface area contributed by atoms with E-state index in [1.54, 1.807) is 19.2 Å². The normalized spacial score (nSPS) is 10.1. The highest BCUT2D eigenvalue weighted by molar-refractivity contribution is 14.1. The topological polar surface area (TPSA) is 64.4 Å². The van der Waals surface area contributed by atoms with Crippen molar-refractivity contribution in [1.82, 2.24) is 0 Å². The first-order chi connectivity index (χ1) is 7.65. The monoisotopic (exact) mass is 336 g/mol. The number of hydrogen-bond donors (Lipinski definition) is 1. The van der Waals surface area contributed by atoms with E-state index in [1.165, 1.54) is 0 Å². The van der Waals surface area contributed by atoms with E-state index in [-0.39, 0.29) is 10.6 Å². The molecule has 1 aromatic rings. The number of rotatable bonds is 6. The minimum atomic E-state index is -0.374. The van der Waals surface area contributed by atoms with E-state index >= 15 is 0 Å². The van der Waals surface area contributed by atoms with Crippen LogP contribution in [0.25, 0.3) is 0 Å². The molecule has 0 saturated heterocycles. The Hall–Kier alpha value is -0.890. The van der Waals surface area contributed by atoms with Crippen molar-refractivity contribution in [2.24, 2.45) is 0 Å². The Bertz CT molecular complexity index is 371. The Morgan fingerprint density at radius 1 is 1.56 bits per heavy atom. The Morgan fingerprint density at radius 2 is 2.31 bits per heavy atom. The average molecular weight is 336 g/mol. The van der Waals surface area contributed by atoms with Crippen LogP contribution in [0.3, 0.4) is 0 Å². The summed E-state index contributed by atoms with van der Waals surface area (Å²) in [6, 6.07) is 5.12. The molecule has 1 aromatic carbocycles. The Labute approximate surface area is 107 Å². The number of halogens is 1. The van der Waals surface area contributed by atoms with Crippen LogP contribution in [0, 0.1) is 13.7 Å². The van der Waals surface area contributed by atoms with Gasteiger partial charge in [0.05, 0.1) is 4.92 Å². The standard InChI is InChI=1S/C10H13IN2O3/c1-16-6-2-5-12-9-4-3-8(11)7-10(9)13(14)15/h3-4,7,12H,2,5-6H2,1H3. The molecule has 0 heterocycles. The number of benzene rings is 1. The molecule has 0 unspecified atom stereocenters. The van der Waals surface area contributed by atoms with Gasteiger partial charge in [-0.05, 0) is 41.1 Å². The summed E-state index contributed by atoms with van der Waals surface area (Å²) < 4.78 is 5.75. The van der Waals surface area contributed by atoms with Crippen LogP contribution in [0.15, 0.2) is 18.2 Å². The quantitative estimate of drug-likeness (QED) is 0.375. The van der Waals surface area contributed by atoms with Crippen molar-refractivity contribution in [1.29, 1.82) is 0 Å². The molecule has 0 fully saturated rings. The van der Waals surface area contributed by atoms with Crippen molar-refractivity contribution in [2.45, 2.75) is 6.42 Å². The lowest BCUT2D eigenvalue weighted by atomic mass is 10.2. The summed E-state index contributed by atoms with van der Waals surface area (Å²) in [5, 5.41) is 13.8. The summed E-state index contributed by atoms with van der Waals surface area (Å²) in [4.78, 5) is 10.4. The van der Waals surface area contributed by atoms with Crippen LogP contribution in [-0.2, 0) is 4.74 Å². The molecule has 1 N–H and O–H groups in total.